The summed E-state index contributed by atoms with van der Waals surface area (Å²) in [7, 11) is 1.82. The maximum absolute atomic E-state index is 8.60. The van der Waals surface area contributed by atoms with Crippen LogP contribution in [0.4, 0.5) is 17.1 Å². The zero-order valence-corrected chi connectivity index (χ0v) is 19.2. The molecule has 0 saturated carbocycles. The van der Waals surface area contributed by atoms with Crippen LogP contribution in [-0.2, 0) is 11.3 Å². The predicted molar refractivity (Wildman–Crippen MR) is 131 cm³/mol. The fraction of sp³-hybridized carbons (Fsp3) is 0.227. The van der Waals surface area contributed by atoms with Crippen molar-refractivity contribution in [2.45, 2.75) is 19.6 Å². The van der Waals surface area contributed by atoms with Gasteiger partial charge < -0.3 is 25.4 Å². The Labute approximate surface area is 195 Å². The highest BCUT2D eigenvalue weighted by Crippen LogP contribution is 2.29. The number of aromatic nitrogens is 1. The molecular weight excluding hydrogens is 448 g/mol. The molecule has 10 heteroatoms. The molecule has 0 radical (unpaired) electrons. The lowest BCUT2D eigenvalue weighted by atomic mass is 10.1. The van der Waals surface area contributed by atoms with E-state index in [2.05, 4.69) is 25.9 Å². The molecule has 0 unspecified atom stereocenters. The SMILES string of the molecule is CNc1ccc(NC2=N[C@H](C)CO2)cc1C(=N)Nc1ccc(OCc2nccs2)c(Cl)c1. The summed E-state index contributed by atoms with van der Waals surface area (Å²) in [6, 6.07) is 11.6. The summed E-state index contributed by atoms with van der Waals surface area (Å²) in [6.45, 7) is 2.91. The summed E-state index contributed by atoms with van der Waals surface area (Å²) < 4.78 is 11.3. The number of aliphatic imine (C=N–C) groups is 1. The summed E-state index contributed by atoms with van der Waals surface area (Å²) in [5.41, 5.74) is 2.95. The third kappa shape index (κ3) is 5.30. The Morgan fingerprint density at radius 2 is 2.12 bits per heavy atom. The molecule has 0 bridgehead atoms. The van der Waals surface area contributed by atoms with Crippen LogP contribution in [0.2, 0.25) is 5.02 Å². The van der Waals surface area contributed by atoms with E-state index < -0.39 is 0 Å². The molecule has 0 aliphatic carbocycles. The second-order valence-electron chi connectivity index (χ2n) is 7.09. The minimum atomic E-state index is 0.131. The minimum absolute atomic E-state index is 0.131. The third-order valence-corrected chi connectivity index (χ3v) is 5.69. The lowest BCUT2D eigenvalue weighted by molar-refractivity contribution is 0.306. The van der Waals surface area contributed by atoms with Gasteiger partial charge in [-0.05, 0) is 43.3 Å². The molecule has 1 aliphatic rings. The van der Waals surface area contributed by atoms with Crippen LogP contribution in [0, 0.1) is 5.41 Å². The molecule has 0 spiro atoms. The molecule has 1 aromatic heterocycles. The number of ether oxygens (including phenoxy) is 2. The molecule has 0 fully saturated rings. The molecule has 1 aliphatic heterocycles. The lowest BCUT2D eigenvalue weighted by Crippen LogP contribution is -2.16. The van der Waals surface area contributed by atoms with Gasteiger partial charge in [0.25, 0.3) is 6.02 Å². The van der Waals surface area contributed by atoms with Crippen molar-refractivity contribution in [2.24, 2.45) is 4.99 Å². The topological polar surface area (TPSA) is 104 Å². The van der Waals surface area contributed by atoms with Crippen LogP contribution >= 0.6 is 22.9 Å². The van der Waals surface area contributed by atoms with Gasteiger partial charge in [-0.3, -0.25) is 5.41 Å². The van der Waals surface area contributed by atoms with E-state index in [0.29, 0.717) is 41.3 Å². The molecule has 0 saturated heterocycles. The molecule has 2 aromatic carbocycles. The first-order chi connectivity index (χ1) is 15.5. The number of nitrogens with zero attached hydrogens (tertiary/aromatic N) is 2. The van der Waals surface area contributed by atoms with Crippen LogP contribution in [0.5, 0.6) is 5.75 Å². The lowest BCUT2D eigenvalue weighted by Gasteiger charge is -2.15. The number of amidine groups is 2. The number of thiazole rings is 1. The number of hydrogen-bond acceptors (Lipinski definition) is 8. The second-order valence-corrected chi connectivity index (χ2v) is 8.48. The van der Waals surface area contributed by atoms with E-state index in [4.69, 9.17) is 26.5 Å². The first-order valence-electron chi connectivity index (χ1n) is 9.98. The van der Waals surface area contributed by atoms with Gasteiger partial charge in [-0.25, -0.2) is 9.98 Å². The molecule has 4 N–H and O–H groups in total. The summed E-state index contributed by atoms with van der Waals surface area (Å²) in [6.07, 6.45) is 1.74. The third-order valence-electron chi connectivity index (χ3n) is 4.64. The fourth-order valence-corrected chi connectivity index (χ4v) is 3.85. The van der Waals surface area contributed by atoms with Crippen LogP contribution in [0.3, 0.4) is 0 Å². The van der Waals surface area contributed by atoms with Gasteiger partial charge >= 0.3 is 0 Å². The summed E-state index contributed by atoms with van der Waals surface area (Å²) in [5, 5.41) is 21.2. The van der Waals surface area contributed by atoms with E-state index >= 15 is 0 Å². The first-order valence-corrected chi connectivity index (χ1v) is 11.2. The van der Waals surface area contributed by atoms with Gasteiger partial charge in [0.05, 0.1) is 11.1 Å². The average Bonchev–Trinajstić information content (AvgIpc) is 3.45. The standard InChI is InChI=1S/C22H23ClN6O2S/c1-13-11-31-22(27-13)29-14-3-5-18(25-2)16(9-14)21(24)28-15-4-6-19(17(23)10-15)30-12-20-26-7-8-32-20/h3-10,13,25H,11-12H2,1-2H3,(H2,24,28)(H,27,29)/t13-/m1/s1. The van der Waals surface area contributed by atoms with Crippen LogP contribution in [-0.4, -0.2) is 36.5 Å². The first kappa shape index (κ1) is 21.9. The smallest absolute Gasteiger partial charge is 0.289 e. The Bertz CT molecular complexity index is 1140. The van der Waals surface area contributed by atoms with Crippen molar-refractivity contribution >= 4 is 51.9 Å². The molecule has 1 atom stereocenters. The monoisotopic (exact) mass is 470 g/mol. The Balaban J connectivity index is 1.46. The Hall–Kier alpha value is -3.30. The van der Waals surface area contributed by atoms with Crippen molar-refractivity contribution in [1.82, 2.24) is 4.98 Å². The van der Waals surface area contributed by atoms with Crippen LogP contribution < -0.4 is 20.7 Å². The zero-order valence-electron chi connectivity index (χ0n) is 17.6. The van der Waals surface area contributed by atoms with E-state index in [1.54, 1.807) is 18.3 Å². The quantitative estimate of drug-likeness (QED) is 0.285. The van der Waals surface area contributed by atoms with Gasteiger partial charge in [0.15, 0.2) is 0 Å². The minimum Gasteiger partial charge on any atom is -0.485 e. The molecule has 2 heterocycles. The van der Waals surface area contributed by atoms with Gasteiger partial charge in [0.2, 0.25) is 0 Å². The van der Waals surface area contributed by atoms with Gasteiger partial charge in [-0.2, -0.15) is 0 Å². The number of nitrogens with one attached hydrogen (secondary N) is 4. The van der Waals surface area contributed by atoms with E-state index in [9.17, 15) is 0 Å². The second kappa shape index (κ2) is 9.88. The fourth-order valence-electron chi connectivity index (χ4n) is 3.08. The zero-order chi connectivity index (χ0) is 22.5. The average molecular weight is 471 g/mol. The Kier molecular flexibility index (Phi) is 6.77. The van der Waals surface area contributed by atoms with Crippen LogP contribution in [0.1, 0.15) is 17.5 Å². The highest BCUT2D eigenvalue weighted by Gasteiger charge is 2.16. The number of benzene rings is 2. The van der Waals surface area contributed by atoms with Crippen molar-refractivity contribution in [2.75, 3.05) is 29.6 Å². The highest BCUT2D eigenvalue weighted by atomic mass is 35.5. The Morgan fingerprint density at radius 1 is 1.28 bits per heavy atom. The molecule has 166 valence electrons. The van der Waals surface area contributed by atoms with E-state index in [1.165, 1.54) is 11.3 Å². The predicted octanol–water partition coefficient (Wildman–Crippen LogP) is 5.04. The summed E-state index contributed by atoms with van der Waals surface area (Å²) in [4.78, 5) is 8.58. The molecule has 32 heavy (non-hydrogen) atoms. The van der Waals surface area contributed by atoms with E-state index in [-0.39, 0.29) is 11.9 Å². The molecular formula is C22H23ClN6O2S. The largest absolute Gasteiger partial charge is 0.485 e. The van der Waals surface area contributed by atoms with Gasteiger partial charge in [0.1, 0.15) is 29.8 Å². The molecule has 0 amide bonds. The normalized spacial score (nSPS) is 15.0. The van der Waals surface area contributed by atoms with E-state index in [1.807, 2.05) is 43.6 Å². The van der Waals surface area contributed by atoms with Crippen molar-refractivity contribution in [3.05, 3.63) is 63.6 Å². The van der Waals surface area contributed by atoms with Gasteiger partial charge in [0, 0.05) is 41.3 Å². The number of hydrogen-bond donors (Lipinski definition) is 4. The summed E-state index contributed by atoms with van der Waals surface area (Å²) >= 11 is 7.91. The summed E-state index contributed by atoms with van der Waals surface area (Å²) in [5.74, 6) is 0.779. The van der Waals surface area contributed by atoms with Crippen molar-refractivity contribution in [3.63, 3.8) is 0 Å². The molecule has 3 aromatic rings. The van der Waals surface area contributed by atoms with Gasteiger partial charge in [-0.15, -0.1) is 11.3 Å². The molecule has 8 nitrogen and oxygen atoms in total. The Morgan fingerprint density at radius 3 is 2.81 bits per heavy atom. The number of anilines is 3. The van der Waals surface area contributed by atoms with E-state index in [0.717, 1.165) is 16.4 Å². The number of halogens is 1. The highest BCUT2D eigenvalue weighted by molar-refractivity contribution is 7.09. The van der Waals surface area contributed by atoms with Crippen LogP contribution in [0.25, 0.3) is 0 Å². The van der Waals surface area contributed by atoms with Crippen molar-refractivity contribution in [1.29, 1.82) is 5.41 Å². The maximum Gasteiger partial charge on any atom is 0.289 e. The van der Waals surface area contributed by atoms with Crippen molar-refractivity contribution in [3.8, 4) is 5.75 Å². The van der Waals surface area contributed by atoms with Crippen molar-refractivity contribution < 1.29 is 9.47 Å². The maximum atomic E-state index is 8.60. The molecule has 4 rings (SSSR count). The van der Waals surface area contributed by atoms with Gasteiger partial charge in [-0.1, -0.05) is 11.6 Å². The number of rotatable bonds is 7. The van der Waals surface area contributed by atoms with Crippen LogP contribution in [0.15, 0.2) is 53.0 Å².